The van der Waals surface area contributed by atoms with Gasteiger partial charge in [0.2, 0.25) is 5.91 Å². The lowest BCUT2D eigenvalue weighted by molar-refractivity contribution is -0.134. The van der Waals surface area contributed by atoms with Gasteiger partial charge in [-0.25, -0.2) is 0 Å². The predicted molar refractivity (Wildman–Crippen MR) is 71.3 cm³/mol. The van der Waals surface area contributed by atoms with E-state index in [0.717, 1.165) is 32.5 Å². The molecule has 2 heterocycles. The normalized spacial score (nSPS) is 30.6. The van der Waals surface area contributed by atoms with E-state index in [2.05, 4.69) is 16.7 Å². The first-order chi connectivity index (χ1) is 7.63. The Morgan fingerprint density at radius 1 is 1.35 bits per heavy atom. The minimum absolute atomic E-state index is 0. The third kappa shape index (κ3) is 2.92. The average molecular weight is 262 g/mol. The fraction of sp³-hybridized carbons (Fsp3) is 0.917. The van der Waals surface area contributed by atoms with Gasteiger partial charge in [0.25, 0.3) is 0 Å². The van der Waals surface area contributed by atoms with E-state index in [-0.39, 0.29) is 24.4 Å². The quantitative estimate of drug-likeness (QED) is 0.802. The van der Waals surface area contributed by atoms with E-state index >= 15 is 0 Å². The van der Waals surface area contributed by atoms with Crippen LogP contribution in [0.5, 0.6) is 0 Å². The summed E-state index contributed by atoms with van der Waals surface area (Å²) in [6, 6.07) is 0.502. The number of likely N-dealkylation sites (tertiary alicyclic amines) is 1. The van der Waals surface area contributed by atoms with Crippen molar-refractivity contribution in [2.45, 2.75) is 51.2 Å². The lowest BCUT2D eigenvalue weighted by atomic mass is 10.1. The molecule has 5 heteroatoms. The van der Waals surface area contributed by atoms with Gasteiger partial charge in [-0.05, 0) is 32.7 Å². The molecule has 100 valence electrons. The molecule has 3 atom stereocenters. The summed E-state index contributed by atoms with van der Waals surface area (Å²) in [7, 11) is 0. The molecule has 2 bridgehead atoms. The molecule has 3 unspecified atom stereocenters. The molecule has 2 saturated heterocycles. The van der Waals surface area contributed by atoms with Gasteiger partial charge in [-0.1, -0.05) is 6.92 Å². The Balaban J connectivity index is 0.00000144. The maximum Gasteiger partial charge on any atom is 0.239 e. The summed E-state index contributed by atoms with van der Waals surface area (Å²) in [5.74, 6) is 0.144. The zero-order chi connectivity index (χ0) is 11.7. The summed E-state index contributed by atoms with van der Waals surface area (Å²) in [5, 5.41) is 0. The number of halogens is 1. The fourth-order valence-electron chi connectivity index (χ4n) is 3.03. The van der Waals surface area contributed by atoms with E-state index in [1.807, 2.05) is 0 Å². The van der Waals surface area contributed by atoms with Crippen LogP contribution in [0, 0.1) is 0 Å². The lowest BCUT2D eigenvalue weighted by Crippen LogP contribution is -2.49. The van der Waals surface area contributed by atoms with Crippen LogP contribution < -0.4 is 5.73 Å². The summed E-state index contributed by atoms with van der Waals surface area (Å²) >= 11 is 0. The highest BCUT2D eigenvalue weighted by Gasteiger charge is 2.40. The minimum Gasteiger partial charge on any atom is -0.334 e. The van der Waals surface area contributed by atoms with E-state index in [1.165, 1.54) is 6.42 Å². The minimum atomic E-state index is -0.351. The highest BCUT2D eigenvalue weighted by atomic mass is 35.5. The molecule has 2 rings (SSSR count). The van der Waals surface area contributed by atoms with Crippen LogP contribution in [0.15, 0.2) is 0 Å². The summed E-state index contributed by atoms with van der Waals surface area (Å²) < 4.78 is 0. The van der Waals surface area contributed by atoms with Crippen LogP contribution in [-0.4, -0.2) is 53.5 Å². The van der Waals surface area contributed by atoms with Crippen molar-refractivity contribution in [3.05, 3.63) is 0 Å². The predicted octanol–water partition coefficient (Wildman–Crippen LogP) is 0.841. The molecule has 17 heavy (non-hydrogen) atoms. The molecule has 0 radical (unpaired) electrons. The van der Waals surface area contributed by atoms with Crippen LogP contribution in [0.4, 0.5) is 0 Å². The number of nitrogens with zero attached hydrogens (tertiary/aromatic N) is 2. The summed E-state index contributed by atoms with van der Waals surface area (Å²) in [6.45, 7) is 7.23. The summed E-state index contributed by atoms with van der Waals surface area (Å²) in [6.07, 6.45) is 3.43. The molecule has 1 amide bonds. The molecule has 4 nitrogen and oxygen atoms in total. The fourth-order valence-corrected chi connectivity index (χ4v) is 3.03. The zero-order valence-electron chi connectivity index (χ0n) is 10.8. The van der Waals surface area contributed by atoms with Crippen LogP contribution in [0.2, 0.25) is 0 Å². The van der Waals surface area contributed by atoms with E-state index in [9.17, 15) is 4.79 Å². The van der Waals surface area contributed by atoms with Crippen LogP contribution in [-0.2, 0) is 4.79 Å². The number of amides is 1. The van der Waals surface area contributed by atoms with Gasteiger partial charge in [0.1, 0.15) is 0 Å². The zero-order valence-corrected chi connectivity index (χ0v) is 11.6. The molecule has 2 N–H and O–H groups in total. The first-order valence-electron chi connectivity index (χ1n) is 6.43. The number of hydrogen-bond donors (Lipinski definition) is 1. The van der Waals surface area contributed by atoms with Crippen molar-refractivity contribution < 1.29 is 4.79 Å². The number of fused-ring (bicyclic) bond motifs is 2. The molecule has 2 fully saturated rings. The van der Waals surface area contributed by atoms with Gasteiger partial charge >= 0.3 is 0 Å². The smallest absolute Gasteiger partial charge is 0.239 e. The Hall–Kier alpha value is -0.320. The van der Waals surface area contributed by atoms with E-state index in [0.29, 0.717) is 12.1 Å². The van der Waals surface area contributed by atoms with Gasteiger partial charge < -0.3 is 15.5 Å². The van der Waals surface area contributed by atoms with Crippen LogP contribution >= 0.6 is 12.4 Å². The summed E-state index contributed by atoms with van der Waals surface area (Å²) in [5.41, 5.74) is 5.73. The lowest BCUT2D eigenvalue weighted by Gasteiger charge is -2.30. The third-order valence-electron chi connectivity index (χ3n) is 3.96. The Labute approximate surface area is 110 Å². The molecule has 0 saturated carbocycles. The SMILES string of the molecule is CCN1CCC2CCC(C1)N2C(=O)C(C)N.Cl. The van der Waals surface area contributed by atoms with Gasteiger partial charge in [0, 0.05) is 25.2 Å². The first kappa shape index (κ1) is 14.7. The maximum atomic E-state index is 12.1. The topological polar surface area (TPSA) is 49.6 Å². The van der Waals surface area contributed by atoms with Crippen molar-refractivity contribution >= 4 is 18.3 Å². The van der Waals surface area contributed by atoms with Crippen molar-refractivity contribution in [3.63, 3.8) is 0 Å². The van der Waals surface area contributed by atoms with Gasteiger partial charge in [-0.3, -0.25) is 4.79 Å². The standard InChI is InChI=1S/C12H23N3O.ClH/c1-3-14-7-6-10-4-5-11(8-14)15(10)12(16)9(2)13;/h9-11H,3-8,13H2,1-2H3;1H. The third-order valence-corrected chi connectivity index (χ3v) is 3.96. The van der Waals surface area contributed by atoms with Crippen LogP contribution in [0.25, 0.3) is 0 Å². The molecule has 0 aromatic rings. The van der Waals surface area contributed by atoms with Crippen molar-refractivity contribution in [2.24, 2.45) is 5.73 Å². The maximum absolute atomic E-state index is 12.1. The van der Waals surface area contributed by atoms with Crippen molar-refractivity contribution in [1.29, 1.82) is 0 Å². The van der Waals surface area contributed by atoms with Crippen LogP contribution in [0.1, 0.15) is 33.1 Å². The Morgan fingerprint density at radius 3 is 2.59 bits per heavy atom. The van der Waals surface area contributed by atoms with E-state index in [1.54, 1.807) is 6.92 Å². The number of rotatable bonds is 2. The molecule has 0 aromatic carbocycles. The second-order valence-corrected chi connectivity index (χ2v) is 5.10. The van der Waals surface area contributed by atoms with Crippen molar-refractivity contribution in [2.75, 3.05) is 19.6 Å². The number of carbonyl (C=O) groups excluding carboxylic acids is 1. The second-order valence-electron chi connectivity index (χ2n) is 5.10. The van der Waals surface area contributed by atoms with Gasteiger partial charge in [-0.2, -0.15) is 0 Å². The summed E-state index contributed by atoms with van der Waals surface area (Å²) in [4.78, 5) is 16.6. The highest BCUT2D eigenvalue weighted by molar-refractivity contribution is 5.85. The Kier molecular flexibility index (Phi) is 5.22. The second kappa shape index (κ2) is 6.03. The molecule has 0 aromatic heterocycles. The number of likely N-dealkylation sites (N-methyl/N-ethyl adjacent to an activating group) is 1. The molecule has 0 spiro atoms. The van der Waals surface area contributed by atoms with Gasteiger partial charge in [-0.15, -0.1) is 12.4 Å². The van der Waals surface area contributed by atoms with Crippen molar-refractivity contribution in [1.82, 2.24) is 9.80 Å². The van der Waals surface area contributed by atoms with Gasteiger partial charge in [0.15, 0.2) is 0 Å². The first-order valence-corrected chi connectivity index (χ1v) is 6.43. The average Bonchev–Trinajstić information content (AvgIpc) is 2.53. The van der Waals surface area contributed by atoms with Crippen LogP contribution in [0.3, 0.4) is 0 Å². The van der Waals surface area contributed by atoms with Gasteiger partial charge in [0.05, 0.1) is 6.04 Å². The monoisotopic (exact) mass is 261 g/mol. The van der Waals surface area contributed by atoms with E-state index < -0.39 is 0 Å². The van der Waals surface area contributed by atoms with Crippen molar-refractivity contribution in [3.8, 4) is 0 Å². The molecular formula is C12H24ClN3O. The highest BCUT2D eigenvalue weighted by Crippen LogP contribution is 2.30. The molecule has 2 aliphatic rings. The number of nitrogens with two attached hydrogens (primary N) is 1. The molecule has 2 aliphatic heterocycles. The Bertz CT molecular complexity index is 272. The molecular weight excluding hydrogens is 238 g/mol. The van der Waals surface area contributed by atoms with E-state index in [4.69, 9.17) is 5.73 Å². The number of carbonyl (C=O) groups is 1. The Morgan fingerprint density at radius 2 is 2.00 bits per heavy atom. The molecule has 0 aliphatic carbocycles. The number of hydrogen-bond acceptors (Lipinski definition) is 3. The largest absolute Gasteiger partial charge is 0.334 e.